The van der Waals surface area contributed by atoms with Gasteiger partial charge in [0.1, 0.15) is 0 Å². The fraction of sp³-hybridized carbons (Fsp3) is 0.800. The van der Waals surface area contributed by atoms with Gasteiger partial charge in [0, 0.05) is 17.8 Å². The van der Waals surface area contributed by atoms with Crippen molar-refractivity contribution in [3.8, 4) is 0 Å². The molecule has 0 spiro atoms. The number of rotatable bonds is 7. The van der Waals surface area contributed by atoms with Crippen molar-refractivity contribution in [2.75, 3.05) is 0 Å². The van der Waals surface area contributed by atoms with Gasteiger partial charge in [0.25, 0.3) is 0 Å². The first-order valence-electron chi connectivity index (χ1n) is 7.47. The minimum atomic E-state index is -0.343. The van der Waals surface area contributed by atoms with Crippen LogP contribution in [0, 0.1) is 5.92 Å². The van der Waals surface area contributed by atoms with Gasteiger partial charge in [-0.2, -0.15) is 5.10 Å². The van der Waals surface area contributed by atoms with Gasteiger partial charge in [-0.25, -0.2) is 0 Å². The zero-order valence-electron chi connectivity index (χ0n) is 11.9. The molecule has 3 nitrogen and oxygen atoms in total. The van der Waals surface area contributed by atoms with Gasteiger partial charge in [0.15, 0.2) is 0 Å². The third-order valence-corrected chi connectivity index (χ3v) is 4.01. The van der Waals surface area contributed by atoms with Crippen LogP contribution in [0.2, 0.25) is 0 Å². The van der Waals surface area contributed by atoms with Crippen molar-refractivity contribution in [1.29, 1.82) is 0 Å². The van der Waals surface area contributed by atoms with E-state index >= 15 is 0 Å². The number of aromatic nitrogens is 2. The highest BCUT2D eigenvalue weighted by molar-refractivity contribution is 5.29. The molecule has 18 heavy (non-hydrogen) atoms. The molecule has 1 heterocycles. The summed E-state index contributed by atoms with van der Waals surface area (Å²) < 4.78 is 2.16. The highest BCUT2D eigenvalue weighted by Gasteiger charge is 2.24. The number of hydrogen-bond acceptors (Lipinski definition) is 2. The average molecular weight is 250 g/mol. The standard InChI is InChI=1S/C15H26N2O/c1-4-12-15(14(18)6-3)13(5-2)17(16-12)10-9-11-7-8-11/h11,14,18H,4-10H2,1-3H3. The van der Waals surface area contributed by atoms with Crippen LogP contribution in [0.25, 0.3) is 0 Å². The Balaban J connectivity index is 2.24. The van der Waals surface area contributed by atoms with Crippen LogP contribution in [0.15, 0.2) is 0 Å². The molecule has 0 amide bonds. The van der Waals surface area contributed by atoms with Gasteiger partial charge in [-0.3, -0.25) is 4.68 Å². The third kappa shape index (κ3) is 2.77. The molecule has 1 aromatic heterocycles. The maximum Gasteiger partial charge on any atom is 0.0823 e. The molecule has 1 N–H and O–H groups in total. The van der Waals surface area contributed by atoms with E-state index in [-0.39, 0.29) is 6.10 Å². The summed E-state index contributed by atoms with van der Waals surface area (Å²) in [6.45, 7) is 7.34. The Hall–Kier alpha value is -0.830. The molecule has 0 radical (unpaired) electrons. The van der Waals surface area contributed by atoms with E-state index in [0.29, 0.717) is 0 Å². The molecule has 3 heteroatoms. The topological polar surface area (TPSA) is 38.0 Å². The van der Waals surface area contributed by atoms with Gasteiger partial charge >= 0.3 is 0 Å². The van der Waals surface area contributed by atoms with Crippen molar-refractivity contribution < 1.29 is 5.11 Å². The van der Waals surface area contributed by atoms with Crippen molar-refractivity contribution in [3.63, 3.8) is 0 Å². The van der Waals surface area contributed by atoms with Gasteiger partial charge in [-0.05, 0) is 31.6 Å². The first-order chi connectivity index (χ1) is 8.71. The van der Waals surface area contributed by atoms with Gasteiger partial charge in [-0.1, -0.05) is 33.6 Å². The Kier molecular flexibility index (Phi) is 4.44. The van der Waals surface area contributed by atoms with Crippen LogP contribution in [0.4, 0.5) is 0 Å². The average Bonchev–Trinajstić information content (AvgIpc) is 3.15. The Morgan fingerprint density at radius 2 is 2.00 bits per heavy atom. The highest BCUT2D eigenvalue weighted by atomic mass is 16.3. The van der Waals surface area contributed by atoms with E-state index < -0.39 is 0 Å². The number of aliphatic hydroxyl groups excluding tert-OH is 1. The van der Waals surface area contributed by atoms with Crippen molar-refractivity contribution in [2.24, 2.45) is 5.92 Å². The number of aryl methyl sites for hydroxylation is 2. The number of aliphatic hydroxyl groups is 1. The van der Waals surface area contributed by atoms with E-state index in [9.17, 15) is 5.11 Å². The smallest absolute Gasteiger partial charge is 0.0823 e. The van der Waals surface area contributed by atoms with Crippen LogP contribution in [0.3, 0.4) is 0 Å². The van der Waals surface area contributed by atoms with E-state index in [2.05, 4.69) is 18.5 Å². The molecule has 0 aliphatic heterocycles. The van der Waals surface area contributed by atoms with Crippen molar-refractivity contribution in [2.45, 2.75) is 71.9 Å². The first kappa shape index (κ1) is 13.6. The molecule has 1 fully saturated rings. The summed E-state index contributed by atoms with van der Waals surface area (Å²) in [5.41, 5.74) is 3.46. The second-order valence-corrected chi connectivity index (χ2v) is 5.39. The second kappa shape index (κ2) is 5.87. The first-order valence-corrected chi connectivity index (χ1v) is 7.47. The van der Waals surface area contributed by atoms with E-state index in [1.807, 2.05) is 6.92 Å². The maximum absolute atomic E-state index is 10.2. The van der Waals surface area contributed by atoms with Crippen LogP contribution < -0.4 is 0 Å². The Bertz CT molecular complexity index is 393. The lowest BCUT2D eigenvalue weighted by molar-refractivity contribution is 0.171. The van der Waals surface area contributed by atoms with Crippen LogP contribution >= 0.6 is 0 Å². The van der Waals surface area contributed by atoms with E-state index in [1.54, 1.807) is 0 Å². The van der Waals surface area contributed by atoms with Gasteiger partial charge in [0.2, 0.25) is 0 Å². The number of hydrogen-bond donors (Lipinski definition) is 1. The van der Waals surface area contributed by atoms with E-state index in [1.165, 1.54) is 25.0 Å². The third-order valence-electron chi connectivity index (χ3n) is 4.01. The lowest BCUT2D eigenvalue weighted by Gasteiger charge is -2.11. The van der Waals surface area contributed by atoms with E-state index in [0.717, 1.165) is 43.0 Å². The summed E-state index contributed by atoms with van der Waals surface area (Å²) in [5, 5.41) is 14.9. The summed E-state index contributed by atoms with van der Waals surface area (Å²) in [4.78, 5) is 0. The van der Waals surface area contributed by atoms with Crippen LogP contribution in [-0.4, -0.2) is 14.9 Å². The monoisotopic (exact) mass is 250 g/mol. The molecule has 1 unspecified atom stereocenters. The zero-order valence-corrected chi connectivity index (χ0v) is 11.9. The zero-order chi connectivity index (χ0) is 13.1. The summed E-state index contributed by atoms with van der Waals surface area (Å²) in [6, 6.07) is 0. The van der Waals surface area contributed by atoms with Crippen LogP contribution in [-0.2, 0) is 19.4 Å². The molecule has 1 aliphatic rings. The summed E-state index contributed by atoms with van der Waals surface area (Å²) in [7, 11) is 0. The largest absolute Gasteiger partial charge is 0.388 e. The molecule has 1 saturated carbocycles. The molecule has 1 atom stereocenters. The SMILES string of the molecule is CCc1nn(CCC2CC2)c(CC)c1C(O)CC. The van der Waals surface area contributed by atoms with Crippen LogP contribution in [0.5, 0.6) is 0 Å². The van der Waals surface area contributed by atoms with Crippen molar-refractivity contribution >= 4 is 0 Å². The predicted molar refractivity (Wildman–Crippen MR) is 73.6 cm³/mol. The quantitative estimate of drug-likeness (QED) is 0.806. The molecule has 0 aromatic carbocycles. The summed E-state index contributed by atoms with van der Waals surface area (Å²) in [6.07, 6.45) is 6.35. The normalized spacial score (nSPS) is 17.1. The minimum Gasteiger partial charge on any atom is -0.388 e. The molecule has 102 valence electrons. The lowest BCUT2D eigenvalue weighted by Crippen LogP contribution is -2.07. The summed E-state index contributed by atoms with van der Waals surface area (Å²) >= 11 is 0. The molecule has 0 saturated heterocycles. The fourth-order valence-corrected chi connectivity index (χ4v) is 2.68. The summed E-state index contributed by atoms with van der Waals surface area (Å²) in [5.74, 6) is 0.934. The van der Waals surface area contributed by atoms with Crippen molar-refractivity contribution in [3.05, 3.63) is 17.0 Å². The maximum atomic E-state index is 10.2. The Morgan fingerprint density at radius 3 is 2.50 bits per heavy atom. The second-order valence-electron chi connectivity index (χ2n) is 5.39. The lowest BCUT2D eigenvalue weighted by atomic mass is 10.0. The van der Waals surface area contributed by atoms with Gasteiger partial charge in [0.05, 0.1) is 11.8 Å². The van der Waals surface area contributed by atoms with Crippen molar-refractivity contribution in [1.82, 2.24) is 9.78 Å². The fourth-order valence-electron chi connectivity index (χ4n) is 2.68. The van der Waals surface area contributed by atoms with Crippen LogP contribution in [0.1, 0.15) is 69.5 Å². The Labute approximate surface area is 110 Å². The number of nitrogens with zero attached hydrogens (tertiary/aromatic N) is 2. The van der Waals surface area contributed by atoms with E-state index in [4.69, 9.17) is 5.10 Å². The molecular formula is C15H26N2O. The molecule has 1 aliphatic carbocycles. The van der Waals surface area contributed by atoms with Gasteiger partial charge in [-0.15, -0.1) is 0 Å². The molecule has 0 bridgehead atoms. The molecular weight excluding hydrogens is 224 g/mol. The highest BCUT2D eigenvalue weighted by Crippen LogP contribution is 2.33. The minimum absolute atomic E-state index is 0.343. The predicted octanol–water partition coefficient (Wildman–Crippen LogP) is 3.25. The Morgan fingerprint density at radius 1 is 1.28 bits per heavy atom. The molecule has 1 aromatic rings. The van der Waals surface area contributed by atoms with Gasteiger partial charge < -0.3 is 5.11 Å². The molecule has 2 rings (SSSR count).